The van der Waals surface area contributed by atoms with Gasteiger partial charge in [-0.05, 0) is 50.6 Å². The van der Waals surface area contributed by atoms with Crippen LogP contribution >= 0.6 is 0 Å². The van der Waals surface area contributed by atoms with Crippen molar-refractivity contribution in [1.29, 1.82) is 0 Å². The van der Waals surface area contributed by atoms with Crippen molar-refractivity contribution in [3.05, 3.63) is 30.7 Å². The Labute approximate surface area is 113 Å². The summed E-state index contributed by atoms with van der Waals surface area (Å²) in [7, 11) is 0. The van der Waals surface area contributed by atoms with E-state index in [1.807, 2.05) is 24.4 Å². The minimum atomic E-state index is 0.774. The zero-order valence-corrected chi connectivity index (χ0v) is 11.1. The van der Waals surface area contributed by atoms with Crippen LogP contribution in [0.25, 0.3) is 10.9 Å². The van der Waals surface area contributed by atoms with E-state index in [0.717, 1.165) is 36.2 Å². The monoisotopic (exact) mass is 257 g/mol. The largest absolute Gasteiger partial charge is 0.494 e. The molecule has 1 saturated heterocycles. The Morgan fingerprint density at radius 1 is 1.21 bits per heavy atom. The Morgan fingerprint density at radius 2 is 2.11 bits per heavy atom. The van der Waals surface area contributed by atoms with Crippen molar-refractivity contribution in [2.45, 2.75) is 19.3 Å². The summed E-state index contributed by atoms with van der Waals surface area (Å²) in [5.41, 5.74) is 0.958. The maximum Gasteiger partial charge on any atom is 0.120 e. The summed E-state index contributed by atoms with van der Waals surface area (Å²) in [5, 5.41) is 1.03. The third-order valence-corrected chi connectivity index (χ3v) is 3.56. The summed E-state index contributed by atoms with van der Waals surface area (Å²) in [6, 6.07) is 5.96. The molecule has 4 heteroatoms. The molecular formula is C15H19N3O. The number of fused-ring (bicyclic) bond motifs is 1. The first-order valence-electron chi connectivity index (χ1n) is 6.97. The zero-order valence-electron chi connectivity index (χ0n) is 11.1. The first kappa shape index (κ1) is 12.4. The number of rotatable bonds is 5. The van der Waals surface area contributed by atoms with E-state index < -0.39 is 0 Å². The minimum absolute atomic E-state index is 0.774. The Bertz CT molecular complexity index is 538. The standard InChI is InChI=1S/C15H19N3O/c1-2-7-18(6-1)8-3-9-19-14-4-5-15-13(10-14)11-16-12-17-15/h4-5,10-12H,1-3,6-9H2. The number of hydrogen-bond acceptors (Lipinski definition) is 4. The molecule has 4 nitrogen and oxygen atoms in total. The zero-order chi connectivity index (χ0) is 12.9. The van der Waals surface area contributed by atoms with E-state index >= 15 is 0 Å². The summed E-state index contributed by atoms with van der Waals surface area (Å²) in [4.78, 5) is 10.7. The van der Waals surface area contributed by atoms with Gasteiger partial charge in [-0.2, -0.15) is 0 Å². The Balaban J connectivity index is 1.50. The predicted octanol–water partition coefficient (Wildman–Crippen LogP) is 2.49. The maximum atomic E-state index is 5.79. The van der Waals surface area contributed by atoms with Crippen LogP contribution in [0.3, 0.4) is 0 Å². The van der Waals surface area contributed by atoms with Gasteiger partial charge < -0.3 is 9.64 Å². The van der Waals surface area contributed by atoms with Crippen LogP contribution in [0.4, 0.5) is 0 Å². The van der Waals surface area contributed by atoms with Crippen molar-refractivity contribution in [2.75, 3.05) is 26.2 Å². The van der Waals surface area contributed by atoms with Gasteiger partial charge in [0.05, 0.1) is 12.1 Å². The first-order chi connectivity index (χ1) is 9.42. The number of nitrogens with zero attached hydrogens (tertiary/aromatic N) is 3. The number of likely N-dealkylation sites (tertiary alicyclic amines) is 1. The molecular weight excluding hydrogens is 238 g/mol. The van der Waals surface area contributed by atoms with E-state index in [1.165, 1.54) is 25.9 Å². The van der Waals surface area contributed by atoms with Gasteiger partial charge in [-0.15, -0.1) is 0 Å². The highest BCUT2D eigenvalue weighted by molar-refractivity contribution is 5.78. The predicted molar refractivity (Wildman–Crippen MR) is 75.3 cm³/mol. The molecule has 0 aliphatic carbocycles. The number of benzene rings is 1. The highest BCUT2D eigenvalue weighted by Gasteiger charge is 2.10. The fraction of sp³-hybridized carbons (Fsp3) is 0.467. The normalized spacial score (nSPS) is 16.0. The summed E-state index contributed by atoms with van der Waals surface area (Å²) in [6.07, 6.45) is 7.18. The van der Waals surface area contributed by atoms with Gasteiger partial charge in [0.2, 0.25) is 0 Å². The Kier molecular flexibility index (Phi) is 3.89. The van der Waals surface area contributed by atoms with Crippen LogP contribution in [0.1, 0.15) is 19.3 Å². The molecule has 2 heterocycles. The average molecular weight is 257 g/mol. The van der Waals surface area contributed by atoms with Crippen molar-refractivity contribution in [1.82, 2.24) is 14.9 Å². The average Bonchev–Trinajstić information content (AvgIpc) is 2.97. The van der Waals surface area contributed by atoms with Crippen molar-refractivity contribution in [2.24, 2.45) is 0 Å². The van der Waals surface area contributed by atoms with Crippen molar-refractivity contribution in [3.8, 4) is 5.75 Å². The number of hydrogen-bond donors (Lipinski definition) is 0. The SMILES string of the molecule is c1ncc2cc(OCCCN3CCCC3)ccc2n1. The summed E-state index contributed by atoms with van der Waals surface area (Å²) < 4.78 is 5.79. The Morgan fingerprint density at radius 3 is 3.00 bits per heavy atom. The van der Waals surface area contributed by atoms with Gasteiger partial charge in [0.25, 0.3) is 0 Å². The van der Waals surface area contributed by atoms with E-state index in [1.54, 1.807) is 6.33 Å². The van der Waals surface area contributed by atoms with Gasteiger partial charge in [0, 0.05) is 18.1 Å². The van der Waals surface area contributed by atoms with Gasteiger partial charge in [-0.1, -0.05) is 0 Å². The highest BCUT2D eigenvalue weighted by atomic mass is 16.5. The van der Waals surface area contributed by atoms with Crippen molar-refractivity contribution in [3.63, 3.8) is 0 Å². The number of aromatic nitrogens is 2. The lowest BCUT2D eigenvalue weighted by molar-refractivity contribution is 0.263. The second kappa shape index (κ2) is 5.97. The lowest BCUT2D eigenvalue weighted by Crippen LogP contribution is -2.21. The van der Waals surface area contributed by atoms with Crippen LogP contribution in [-0.2, 0) is 0 Å². The van der Waals surface area contributed by atoms with Gasteiger partial charge in [-0.3, -0.25) is 0 Å². The summed E-state index contributed by atoms with van der Waals surface area (Å²) in [5.74, 6) is 0.906. The molecule has 0 N–H and O–H groups in total. The van der Waals surface area contributed by atoms with Crippen LogP contribution in [0.2, 0.25) is 0 Å². The van der Waals surface area contributed by atoms with Crippen LogP contribution in [-0.4, -0.2) is 41.1 Å². The van der Waals surface area contributed by atoms with Crippen LogP contribution < -0.4 is 4.74 Å². The van der Waals surface area contributed by atoms with E-state index in [-0.39, 0.29) is 0 Å². The molecule has 1 aliphatic heterocycles. The molecule has 0 spiro atoms. The first-order valence-corrected chi connectivity index (χ1v) is 6.97. The molecule has 100 valence electrons. The lowest BCUT2D eigenvalue weighted by Gasteiger charge is -2.14. The molecule has 0 atom stereocenters. The van der Waals surface area contributed by atoms with Gasteiger partial charge in [0.15, 0.2) is 0 Å². The van der Waals surface area contributed by atoms with Gasteiger partial charge >= 0.3 is 0 Å². The van der Waals surface area contributed by atoms with Crippen LogP contribution in [0, 0.1) is 0 Å². The second-order valence-electron chi connectivity index (χ2n) is 4.99. The van der Waals surface area contributed by atoms with E-state index in [4.69, 9.17) is 4.74 Å². The molecule has 3 rings (SSSR count). The Hall–Kier alpha value is -1.68. The van der Waals surface area contributed by atoms with Crippen LogP contribution in [0.15, 0.2) is 30.7 Å². The smallest absolute Gasteiger partial charge is 0.120 e. The molecule has 19 heavy (non-hydrogen) atoms. The van der Waals surface area contributed by atoms with E-state index in [0.29, 0.717) is 0 Å². The quantitative estimate of drug-likeness (QED) is 0.771. The van der Waals surface area contributed by atoms with E-state index in [2.05, 4.69) is 14.9 Å². The highest BCUT2D eigenvalue weighted by Crippen LogP contribution is 2.18. The van der Waals surface area contributed by atoms with Gasteiger partial charge in [0.1, 0.15) is 12.1 Å². The minimum Gasteiger partial charge on any atom is -0.494 e. The molecule has 0 amide bonds. The molecule has 1 aromatic carbocycles. The van der Waals surface area contributed by atoms with Crippen LogP contribution in [0.5, 0.6) is 5.75 Å². The van der Waals surface area contributed by atoms with Crippen molar-refractivity contribution < 1.29 is 4.74 Å². The molecule has 1 aliphatic rings. The molecule has 0 bridgehead atoms. The summed E-state index contributed by atoms with van der Waals surface area (Å²) in [6.45, 7) is 4.44. The molecule has 1 aromatic heterocycles. The molecule has 1 fully saturated rings. The fourth-order valence-corrected chi connectivity index (χ4v) is 2.54. The molecule has 2 aromatic rings. The van der Waals surface area contributed by atoms with Crippen molar-refractivity contribution >= 4 is 10.9 Å². The molecule has 0 radical (unpaired) electrons. The topological polar surface area (TPSA) is 38.2 Å². The third kappa shape index (κ3) is 3.20. The van der Waals surface area contributed by atoms with Gasteiger partial charge in [-0.25, -0.2) is 9.97 Å². The van der Waals surface area contributed by atoms with E-state index in [9.17, 15) is 0 Å². The molecule has 0 unspecified atom stereocenters. The maximum absolute atomic E-state index is 5.79. The molecule has 0 saturated carbocycles. The fourth-order valence-electron chi connectivity index (χ4n) is 2.54. The third-order valence-electron chi connectivity index (χ3n) is 3.56. The lowest BCUT2D eigenvalue weighted by atomic mass is 10.2. The number of ether oxygens (including phenoxy) is 1. The second-order valence-corrected chi connectivity index (χ2v) is 4.99. The summed E-state index contributed by atoms with van der Waals surface area (Å²) >= 11 is 0.